The second kappa shape index (κ2) is 39.9. The number of aliphatic carboxylic acids is 2. The third-order valence-corrected chi connectivity index (χ3v) is 7.43. The molecule has 6 nitrogen and oxygen atoms in total. The molecule has 2 atom stereocenters. The molecule has 0 aliphatic heterocycles. The fourth-order valence-electron chi connectivity index (χ4n) is 4.72. The van der Waals surface area contributed by atoms with Crippen molar-refractivity contribution in [2.24, 2.45) is 0 Å². The van der Waals surface area contributed by atoms with Gasteiger partial charge in [0.15, 0.2) is 0 Å². The Labute approximate surface area is 305 Å². The molecule has 0 heterocycles. The molecule has 43 heavy (non-hydrogen) atoms. The number of carbonyl (C=O) groups is 2. The summed E-state index contributed by atoms with van der Waals surface area (Å²) in [7, 11) is 0. The van der Waals surface area contributed by atoms with Crippen LogP contribution in [0, 0.1) is 0 Å². The molecule has 0 aromatic carbocycles. The minimum atomic E-state index is -0.939. The van der Waals surface area contributed by atoms with Crippen molar-refractivity contribution in [2.75, 3.05) is 0 Å². The molecular formula is C36H66BaO6. The minimum Gasteiger partial charge on any atom is -0.550 e. The second-order valence-corrected chi connectivity index (χ2v) is 11.8. The molecule has 0 amide bonds. The van der Waals surface area contributed by atoms with Gasteiger partial charge in [-0.05, 0) is 77.0 Å². The van der Waals surface area contributed by atoms with Gasteiger partial charge in [0.25, 0.3) is 0 Å². The number of aliphatic hydroxyl groups is 2. The minimum absolute atomic E-state index is 0. The Morgan fingerprint density at radius 2 is 0.837 bits per heavy atom. The van der Waals surface area contributed by atoms with Crippen molar-refractivity contribution in [2.45, 2.75) is 193 Å². The summed E-state index contributed by atoms with van der Waals surface area (Å²) in [6.45, 7) is 4.39. The van der Waals surface area contributed by atoms with Crippen molar-refractivity contribution in [3.05, 3.63) is 24.3 Å². The first-order chi connectivity index (χ1) is 20.3. The van der Waals surface area contributed by atoms with E-state index in [1.54, 1.807) is 0 Å². The Morgan fingerprint density at radius 1 is 0.512 bits per heavy atom. The van der Waals surface area contributed by atoms with Crippen LogP contribution in [-0.4, -0.2) is 83.2 Å². The largest absolute Gasteiger partial charge is 2.00 e. The van der Waals surface area contributed by atoms with Gasteiger partial charge in [-0.1, -0.05) is 128 Å². The molecule has 0 saturated carbocycles. The summed E-state index contributed by atoms with van der Waals surface area (Å²) in [5, 5.41) is 40.0. The molecule has 0 saturated heterocycles. The van der Waals surface area contributed by atoms with Gasteiger partial charge in [0.05, 0.1) is 12.2 Å². The van der Waals surface area contributed by atoms with Crippen LogP contribution in [-0.2, 0) is 9.59 Å². The molecule has 7 heteroatoms. The molecule has 0 aromatic rings. The number of carboxylic acids is 2. The first kappa shape index (κ1) is 47.3. The van der Waals surface area contributed by atoms with Gasteiger partial charge >= 0.3 is 48.9 Å². The maximum Gasteiger partial charge on any atom is 2.00 e. The van der Waals surface area contributed by atoms with Crippen LogP contribution in [0.1, 0.15) is 181 Å². The zero-order chi connectivity index (χ0) is 31.5. The third-order valence-electron chi connectivity index (χ3n) is 7.43. The molecule has 0 rings (SSSR count). The van der Waals surface area contributed by atoms with Crippen LogP contribution in [0.25, 0.3) is 0 Å². The Hall–Kier alpha value is -0.0886. The van der Waals surface area contributed by atoms with Crippen molar-refractivity contribution >= 4 is 60.8 Å². The topological polar surface area (TPSA) is 121 Å². The van der Waals surface area contributed by atoms with Crippen molar-refractivity contribution in [3.63, 3.8) is 0 Å². The molecule has 2 unspecified atom stereocenters. The average molecular weight is 732 g/mol. The van der Waals surface area contributed by atoms with Crippen LogP contribution in [0.2, 0.25) is 0 Å². The van der Waals surface area contributed by atoms with Gasteiger partial charge in [-0.3, -0.25) is 0 Å². The molecule has 0 spiro atoms. The van der Waals surface area contributed by atoms with E-state index in [2.05, 4.69) is 38.2 Å². The van der Waals surface area contributed by atoms with Gasteiger partial charge in [0, 0.05) is 11.9 Å². The molecule has 0 aromatic heterocycles. The van der Waals surface area contributed by atoms with Crippen molar-refractivity contribution in [3.8, 4) is 0 Å². The quantitative estimate of drug-likeness (QED) is 0.0462. The standard InChI is InChI=1S/2C18H34O3.Ba/c2*1-2-3-4-11-14-17(19)15-12-9-7-5-6-8-10-13-16-18(20)21;/h2*9,12,17,19H,2-8,10-11,13-16H2,1H3,(H,20,21);/q;;+2/p-2/b2*12-9-;. The smallest absolute Gasteiger partial charge is 0.550 e. The molecule has 0 aliphatic carbocycles. The number of hydrogen-bond acceptors (Lipinski definition) is 6. The zero-order valence-corrected chi connectivity index (χ0v) is 32.5. The molecule has 2 N–H and O–H groups in total. The van der Waals surface area contributed by atoms with Crippen molar-refractivity contribution in [1.29, 1.82) is 0 Å². The second-order valence-electron chi connectivity index (χ2n) is 11.8. The summed E-state index contributed by atoms with van der Waals surface area (Å²) in [5.74, 6) is -1.88. The number of carbonyl (C=O) groups excluding carboxylic acids is 2. The number of allylic oxidation sites excluding steroid dienone is 2. The van der Waals surface area contributed by atoms with E-state index in [0.717, 1.165) is 116 Å². The number of carboxylic acid groups (broad SMARTS) is 2. The predicted molar refractivity (Wildman–Crippen MR) is 177 cm³/mol. The molecular weight excluding hydrogens is 666 g/mol. The first-order valence-electron chi connectivity index (χ1n) is 17.4. The van der Waals surface area contributed by atoms with Gasteiger partial charge in [-0.15, -0.1) is 0 Å². The summed E-state index contributed by atoms with van der Waals surface area (Å²) in [4.78, 5) is 20.4. The van der Waals surface area contributed by atoms with Crippen LogP contribution in [0.5, 0.6) is 0 Å². The summed E-state index contributed by atoms with van der Waals surface area (Å²) < 4.78 is 0. The van der Waals surface area contributed by atoms with E-state index in [9.17, 15) is 30.0 Å². The number of unbranched alkanes of at least 4 members (excludes halogenated alkanes) is 16. The maximum absolute atomic E-state index is 10.2. The van der Waals surface area contributed by atoms with E-state index < -0.39 is 11.9 Å². The van der Waals surface area contributed by atoms with E-state index in [1.165, 1.54) is 38.5 Å². The van der Waals surface area contributed by atoms with E-state index in [0.29, 0.717) is 0 Å². The first-order valence-corrected chi connectivity index (χ1v) is 17.4. The molecule has 248 valence electrons. The summed E-state index contributed by atoms with van der Waals surface area (Å²) >= 11 is 0. The Balaban J connectivity index is -0.000000727. The normalized spacial score (nSPS) is 12.6. The van der Waals surface area contributed by atoms with Gasteiger partial charge < -0.3 is 30.0 Å². The zero-order valence-electron chi connectivity index (χ0n) is 28.1. The van der Waals surface area contributed by atoms with Crippen LogP contribution in [0.15, 0.2) is 24.3 Å². The molecule has 0 fully saturated rings. The van der Waals surface area contributed by atoms with Gasteiger partial charge in [-0.2, -0.15) is 0 Å². The number of hydrogen-bond donors (Lipinski definition) is 2. The number of rotatable bonds is 30. The average Bonchev–Trinajstić information content (AvgIpc) is 2.95. The third kappa shape index (κ3) is 46.5. The van der Waals surface area contributed by atoms with Crippen LogP contribution >= 0.6 is 0 Å². The summed E-state index contributed by atoms with van der Waals surface area (Å²) in [6.07, 6.45) is 34.0. The van der Waals surface area contributed by atoms with Gasteiger partial charge in [0.1, 0.15) is 0 Å². The van der Waals surface area contributed by atoms with E-state index in [-0.39, 0.29) is 73.9 Å². The molecule has 0 bridgehead atoms. The Bertz CT molecular complexity index is 583. The molecule has 0 aliphatic rings. The van der Waals surface area contributed by atoms with Gasteiger partial charge in [-0.25, -0.2) is 0 Å². The van der Waals surface area contributed by atoms with Crippen molar-refractivity contribution < 1.29 is 30.0 Å². The van der Waals surface area contributed by atoms with Crippen molar-refractivity contribution in [1.82, 2.24) is 0 Å². The van der Waals surface area contributed by atoms with E-state index >= 15 is 0 Å². The van der Waals surface area contributed by atoms with Crippen LogP contribution in [0.3, 0.4) is 0 Å². The predicted octanol–water partition coefficient (Wildman–Crippen LogP) is 7.11. The fourth-order valence-corrected chi connectivity index (χ4v) is 4.72. The Kier molecular flexibility index (Phi) is 43.9. The van der Waals surface area contributed by atoms with E-state index in [4.69, 9.17) is 0 Å². The van der Waals surface area contributed by atoms with Crippen LogP contribution in [0.4, 0.5) is 0 Å². The SMILES string of the molecule is CCCCCCC(O)C/C=C\CCCCCCCC(=O)[O-].CCCCCCC(O)C/C=C\CCCCCCCC(=O)[O-].[Ba+2]. The van der Waals surface area contributed by atoms with E-state index in [1.807, 2.05) is 0 Å². The van der Waals surface area contributed by atoms with Crippen LogP contribution < -0.4 is 10.2 Å². The summed E-state index contributed by atoms with van der Waals surface area (Å²) in [5.41, 5.74) is 0. The van der Waals surface area contributed by atoms with Gasteiger partial charge in [0.2, 0.25) is 0 Å². The monoisotopic (exact) mass is 732 g/mol. The Morgan fingerprint density at radius 3 is 1.19 bits per heavy atom. The maximum atomic E-state index is 10.2. The number of aliphatic hydroxyl groups excluding tert-OH is 2. The molecule has 0 radical (unpaired) electrons. The summed E-state index contributed by atoms with van der Waals surface area (Å²) in [6, 6.07) is 0. The fraction of sp³-hybridized carbons (Fsp3) is 0.833.